The number of carbonyl (C=O) groups is 2. The van der Waals surface area contributed by atoms with Crippen LogP contribution in [0.1, 0.15) is 30.8 Å². The van der Waals surface area contributed by atoms with Gasteiger partial charge in [-0.1, -0.05) is 11.8 Å². The highest BCUT2D eigenvalue weighted by atomic mass is 16.5. The summed E-state index contributed by atoms with van der Waals surface area (Å²) in [4.78, 5) is 35.5. The van der Waals surface area contributed by atoms with E-state index in [4.69, 9.17) is 4.74 Å². The van der Waals surface area contributed by atoms with Gasteiger partial charge in [0.1, 0.15) is 29.8 Å². The van der Waals surface area contributed by atoms with E-state index in [0.29, 0.717) is 29.2 Å². The van der Waals surface area contributed by atoms with Gasteiger partial charge in [-0.2, -0.15) is 9.78 Å². The van der Waals surface area contributed by atoms with Gasteiger partial charge in [-0.25, -0.2) is 14.8 Å². The van der Waals surface area contributed by atoms with Gasteiger partial charge in [-0.05, 0) is 43.7 Å². The number of carbonyl (C=O) groups excluding carboxylic acids is 2. The Hall–Kier alpha value is -4.23. The van der Waals surface area contributed by atoms with Crippen LogP contribution < -0.4 is 15.0 Å². The molecule has 0 saturated carbocycles. The third kappa shape index (κ3) is 5.39. The minimum absolute atomic E-state index is 0.0391. The van der Waals surface area contributed by atoms with E-state index in [-0.39, 0.29) is 12.5 Å². The van der Waals surface area contributed by atoms with Crippen LogP contribution in [0.25, 0.3) is 0 Å². The van der Waals surface area contributed by atoms with Gasteiger partial charge in [-0.15, -0.1) is 0 Å². The van der Waals surface area contributed by atoms with E-state index in [1.54, 1.807) is 69.9 Å². The fourth-order valence-electron chi connectivity index (χ4n) is 3.29. The fourth-order valence-corrected chi connectivity index (χ4v) is 3.29. The van der Waals surface area contributed by atoms with Gasteiger partial charge in [0.25, 0.3) is 5.91 Å². The molecule has 2 amide bonds. The number of aliphatic hydroxyl groups is 1. The molecule has 0 bridgehead atoms. The predicted molar refractivity (Wildman–Crippen MR) is 123 cm³/mol. The summed E-state index contributed by atoms with van der Waals surface area (Å²) < 4.78 is 6.94. The number of ether oxygens (including phenoxy) is 1. The average molecular weight is 460 g/mol. The van der Waals surface area contributed by atoms with Gasteiger partial charge in [0.2, 0.25) is 0 Å². The smallest absolute Gasteiger partial charge is 0.342 e. The Balaban J connectivity index is 1.46. The Bertz CT molecular complexity index is 1270. The molecule has 10 nitrogen and oxygen atoms in total. The van der Waals surface area contributed by atoms with E-state index in [2.05, 4.69) is 32.2 Å². The highest BCUT2D eigenvalue weighted by Gasteiger charge is 2.31. The maximum absolute atomic E-state index is 13.1. The van der Waals surface area contributed by atoms with E-state index in [1.165, 1.54) is 4.90 Å². The van der Waals surface area contributed by atoms with Gasteiger partial charge >= 0.3 is 6.03 Å². The number of likely N-dealkylation sites (N-methyl/N-ethyl adjacent to an activating group) is 1. The van der Waals surface area contributed by atoms with Crippen molar-refractivity contribution in [2.75, 3.05) is 18.6 Å². The first-order valence-corrected chi connectivity index (χ1v) is 10.6. The molecule has 10 heteroatoms. The third-order valence-electron chi connectivity index (χ3n) is 4.99. The van der Waals surface area contributed by atoms with Crippen molar-refractivity contribution in [2.45, 2.75) is 31.9 Å². The fraction of sp³-hybridized carbons (Fsp3) is 0.292. The molecule has 3 heterocycles. The number of benzene rings is 1. The number of amides is 2. The minimum atomic E-state index is -1.14. The van der Waals surface area contributed by atoms with Gasteiger partial charge < -0.3 is 20.1 Å². The highest BCUT2D eigenvalue weighted by molar-refractivity contribution is 6.00. The number of hydrogen-bond acceptors (Lipinski definition) is 7. The number of hydrogen-bond donors (Lipinski definition) is 2. The van der Waals surface area contributed by atoms with Crippen molar-refractivity contribution in [1.82, 2.24) is 25.1 Å². The van der Waals surface area contributed by atoms with Crippen LogP contribution in [0.3, 0.4) is 0 Å². The lowest BCUT2D eigenvalue weighted by atomic mass is 10.1. The molecular weight excluding hydrogens is 436 g/mol. The monoisotopic (exact) mass is 460 g/mol. The molecule has 1 unspecified atom stereocenters. The van der Waals surface area contributed by atoms with Crippen LogP contribution >= 0.6 is 0 Å². The Morgan fingerprint density at radius 1 is 1.32 bits per heavy atom. The summed E-state index contributed by atoms with van der Waals surface area (Å²) in [5.41, 5.74) is 0.765. The Kier molecular flexibility index (Phi) is 6.30. The number of nitrogens with one attached hydrogen (secondary N) is 1. The molecule has 0 fully saturated rings. The number of aromatic nitrogens is 4. The lowest BCUT2D eigenvalue weighted by Gasteiger charge is -2.20. The lowest BCUT2D eigenvalue weighted by Crippen LogP contribution is -2.50. The molecule has 1 aliphatic rings. The first-order chi connectivity index (χ1) is 16.2. The normalized spacial score (nSPS) is 15.5. The summed E-state index contributed by atoms with van der Waals surface area (Å²) in [6.45, 7) is 3.14. The molecule has 0 radical (unpaired) electrons. The van der Waals surface area contributed by atoms with E-state index in [9.17, 15) is 14.7 Å². The van der Waals surface area contributed by atoms with Crippen LogP contribution in [0.4, 0.5) is 10.5 Å². The van der Waals surface area contributed by atoms with Gasteiger partial charge in [0.15, 0.2) is 0 Å². The topological polar surface area (TPSA) is 122 Å². The van der Waals surface area contributed by atoms with Crippen molar-refractivity contribution in [2.24, 2.45) is 0 Å². The molecule has 2 N–H and O–H groups in total. The summed E-state index contributed by atoms with van der Waals surface area (Å²) in [5, 5.41) is 16.6. The van der Waals surface area contributed by atoms with Gasteiger partial charge in [-0.3, -0.25) is 4.79 Å². The first kappa shape index (κ1) is 22.9. The standard InChI is InChI=1S/C24H24N6O4/c1-24(2,33)8-7-16-5-6-20-19(11-16)29(3)22(31)18(15-34-20)28-23(32)30-14-17(13-27-30)12-21-25-9-4-10-26-21/h4-6,9-11,13-14,18,33H,12,15H2,1-3H3,(H,28,32). The molecule has 1 atom stereocenters. The number of anilines is 1. The Morgan fingerprint density at radius 2 is 2.09 bits per heavy atom. The molecule has 4 rings (SSSR count). The van der Waals surface area contributed by atoms with Crippen molar-refractivity contribution >= 4 is 17.6 Å². The second-order valence-corrected chi connectivity index (χ2v) is 8.34. The van der Waals surface area contributed by atoms with Crippen molar-refractivity contribution in [3.63, 3.8) is 0 Å². The van der Waals surface area contributed by atoms with Crippen molar-refractivity contribution < 1.29 is 19.4 Å². The number of nitrogens with zero attached hydrogens (tertiary/aromatic N) is 5. The molecule has 1 aliphatic heterocycles. The zero-order valence-electron chi connectivity index (χ0n) is 19.0. The van der Waals surface area contributed by atoms with E-state index in [0.717, 1.165) is 10.2 Å². The molecule has 2 aromatic heterocycles. The van der Waals surface area contributed by atoms with E-state index >= 15 is 0 Å². The molecule has 1 aromatic carbocycles. The summed E-state index contributed by atoms with van der Waals surface area (Å²) in [5.74, 6) is 6.40. The van der Waals surface area contributed by atoms with Crippen LogP contribution in [-0.4, -0.2) is 62.1 Å². The zero-order chi connectivity index (χ0) is 24.3. The molecular formula is C24H24N6O4. The van der Waals surface area contributed by atoms with Crippen molar-refractivity contribution in [3.8, 4) is 17.6 Å². The molecule has 0 saturated heterocycles. The Morgan fingerprint density at radius 3 is 2.82 bits per heavy atom. The van der Waals surface area contributed by atoms with Crippen molar-refractivity contribution in [3.05, 3.63) is 66.0 Å². The van der Waals surface area contributed by atoms with Crippen LogP contribution in [0, 0.1) is 11.8 Å². The predicted octanol–water partition coefficient (Wildman–Crippen LogP) is 1.37. The first-order valence-electron chi connectivity index (χ1n) is 10.6. The lowest BCUT2D eigenvalue weighted by molar-refractivity contribution is -0.120. The third-order valence-corrected chi connectivity index (χ3v) is 4.99. The molecule has 174 valence electrons. The van der Waals surface area contributed by atoms with Crippen LogP contribution in [0.15, 0.2) is 49.1 Å². The maximum Gasteiger partial charge on any atom is 0.342 e. The quantitative estimate of drug-likeness (QED) is 0.566. The molecule has 3 aromatic rings. The van der Waals surface area contributed by atoms with E-state index < -0.39 is 17.7 Å². The molecule has 34 heavy (non-hydrogen) atoms. The molecule has 0 spiro atoms. The SMILES string of the molecule is CN1C(=O)C(NC(=O)n2cc(Cc3ncccn3)cn2)COc2ccc(C#CC(C)(C)O)cc21. The summed E-state index contributed by atoms with van der Waals surface area (Å²) >= 11 is 0. The Labute approximate surface area is 196 Å². The largest absolute Gasteiger partial charge is 0.489 e. The second kappa shape index (κ2) is 9.33. The van der Waals surface area contributed by atoms with Gasteiger partial charge in [0.05, 0.1) is 11.9 Å². The minimum Gasteiger partial charge on any atom is -0.489 e. The average Bonchev–Trinajstić information content (AvgIpc) is 3.24. The van der Waals surface area contributed by atoms with Crippen LogP contribution in [0.2, 0.25) is 0 Å². The molecule has 0 aliphatic carbocycles. The summed E-state index contributed by atoms with van der Waals surface area (Å²) in [7, 11) is 1.61. The maximum atomic E-state index is 13.1. The van der Waals surface area contributed by atoms with Crippen molar-refractivity contribution in [1.29, 1.82) is 0 Å². The van der Waals surface area contributed by atoms with E-state index in [1.807, 2.05) is 0 Å². The summed E-state index contributed by atoms with van der Waals surface area (Å²) in [6, 6.07) is 5.42. The summed E-state index contributed by atoms with van der Waals surface area (Å²) in [6.07, 6.45) is 6.85. The number of rotatable bonds is 3. The zero-order valence-corrected chi connectivity index (χ0v) is 19.0. The highest BCUT2D eigenvalue weighted by Crippen LogP contribution is 2.31. The second-order valence-electron chi connectivity index (χ2n) is 8.34. The number of fused-ring (bicyclic) bond motifs is 1. The van der Waals surface area contributed by atoms with Crippen LogP contribution in [-0.2, 0) is 11.2 Å². The van der Waals surface area contributed by atoms with Crippen LogP contribution in [0.5, 0.6) is 5.75 Å². The van der Waals surface area contributed by atoms with Gasteiger partial charge in [0, 0.05) is 37.6 Å².